The van der Waals surface area contributed by atoms with Gasteiger partial charge in [0.05, 0.1) is 4.92 Å². The molecule has 0 aromatic carbocycles. The monoisotopic (exact) mass is 266 g/mol. The standard InChI is InChI=1S/C13H22N4O2/c1-4-8-14-12-7-6-11(17(18)19)13(16-12)15-9-10(3)5-2/h6-7,10H,4-5,8-9H2,1-3H3,(H2,14,15,16). The highest BCUT2D eigenvalue weighted by molar-refractivity contribution is 5.60. The summed E-state index contributed by atoms with van der Waals surface area (Å²) in [5.74, 6) is 1.46. The number of anilines is 2. The third-order valence-corrected chi connectivity index (χ3v) is 2.94. The summed E-state index contributed by atoms with van der Waals surface area (Å²) >= 11 is 0. The minimum absolute atomic E-state index is 0.0188. The summed E-state index contributed by atoms with van der Waals surface area (Å²) in [5.41, 5.74) is 0.0188. The van der Waals surface area contributed by atoms with Gasteiger partial charge in [-0.05, 0) is 18.4 Å². The van der Waals surface area contributed by atoms with Crippen molar-refractivity contribution in [1.82, 2.24) is 4.98 Å². The summed E-state index contributed by atoms with van der Waals surface area (Å²) in [6, 6.07) is 3.13. The van der Waals surface area contributed by atoms with Crippen molar-refractivity contribution in [3.8, 4) is 0 Å². The fraction of sp³-hybridized carbons (Fsp3) is 0.615. The fourth-order valence-corrected chi connectivity index (χ4v) is 1.50. The summed E-state index contributed by atoms with van der Waals surface area (Å²) < 4.78 is 0. The molecule has 6 nitrogen and oxygen atoms in total. The molecule has 106 valence electrons. The van der Waals surface area contributed by atoms with E-state index in [1.54, 1.807) is 6.07 Å². The number of hydrogen-bond donors (Lipinski definition) is 2. The van der Waals surface area contributed by atoms with Gasteiger partial charge in [-0.2, -0.15) is 0 Å². The van der Waals surface area contributed by atoms with E-state index in [1.807, 2.05) is 0 Å². The van der Waals surface area contributed by atoms with Gasteiger partial charge in [-0.1, -0.05) is 27.2 Å². The molecule has 0 aliphatic rings. The molecule has 0 bridgehead atoms. The Morgan fingerprint density at radius 1 is 1.37 bits per heavy atom. The lowest BCUT2D eigenvalue weighted by molar-refractivity contribution is -0.384. The van der Waals surface area contributed by atoms with Crippen molar-refractivity contribution in [2.45, 2.75) is 33.6 Å². The molecular formula is C13H22N4O2. The highest BCUT2D eigenvalue weighted by atomic mass is 16.6. The van der Waals surface area contributed by atoms with Crippen LogP contribution in [0.5, 0.6) is 0 Å². The Kier molecular flexibility index (Phi) is 6.05. The van der Waals surface area contributed by atoms with E-state index < -0.39 is 4.92 Å². The molecule has 0 aliphatic heterocycles. The molecule has 0 spiro atoms. The van der Waals surface area contributed by atoms with Crippen molar-refractivity contribution in [3.63, 3.8) is 0 Å². The Balaban J connectivity index is 2.85. The van der Waals surface area contributed by atoms with Gasteiger partial charge in [0.25, 0.3) is 0 Å². The van der Waals surface area contributed by atoms with Crippen LogP contribution in [-0.4, -0.2) is 23.0 Å². The molecule has 0 aliphatic carbocycles. The molecule has 6 heteroatoms. The first-order valence-electron chi connectivity index (χ1n) is 6.71. The molecular weight excluding hydrogens is 244 g/mol. The third kappa shape index (κ3) is 4.73. The zero-order valence-electron chi connectivity index (χ0n) is 11.8. The van der Waals surface area contributed by atoms with Crippen LogP contribution in [0.4, 0.5) is 17.3 Å². The van der Waals surface area contributed by atoms with Gasteiger partial charge in [-0.15, -0.1) is 0 Å². The van der Waals surface area contributed by atoms with E-state index in [4.69, 9.17) is 0 Å². The van der Waals surface area contributed by atoms with E-state index in [9.17, 15) is 10.1 Å². The van der Waals surface area contributed by atoms with Gasteiger partial charge in [0.15, 0.2) is 0 Å². The Bertz CT molecular complexity index is 423. The van der Waals surface area contributed by atoms with Gasteiger partial charge < -0.3 is 10.6 Å². The Hall–Kier alpha value is -1.85. The second kappa shape index (κ2) is 7.56. The molecule has 0 fully saturated rings. The van der Waals surface area contributed by atoms with Crippen LogP contribution < -0.4 is 10.6 Å². The van der Waals surface area contributed by atoms with E-state index in [-0.39, 0.29) is 5.69 Å². The van der Waals surface area contributed by atoms with Gasteiger partial charge in [0.1, 0.15) is 5.82 Å². The molecule has 1 atom stereocenters. The van der Waals surface area contributed by atoms with E-state index in [2.05, 4.69) is 36.4 Å². The number of rotatable bonds is 8. The average Bonchev–Trinajstić information content (AvgIpc) is 2.42. The first kappa shape index (κ1) is 15.2. The molecule has 0 radical (unpaired) electrons. The van der Waals surface area contributed by atoms with Crippen LogP contribution >= 0.6 is 0 Å². The maximum absolute atomic E-state index is 11.0. The number of pyridine rings is 1. The van der Waals surface area contributed by atoms with Crippen LogP contribution in [0.3, 0.4) is 0 Å². The molecule has 2 N–H and O–H groups in total. The highest BCUT2D eigenvalue weighted by Gasteiger charge is 2.16. The van der Waals surface area contributed by atoms with Crippen molar-refractivity contribution in [3.05, 3.63) is 22.2 Å². The molecule has 1 heterocycles. The van der Waals surface area contributed by atoms with Crippen LogP contribution in [0, 0.1) is 16.0 Å². The summed E-state index contributed by atoms with van der Waals surface area (Å²) in [6.07, 6.45) is 2.00. The molecule has 0 saturated carbocycles. The fourth-order valence-electron chi connectivity index (χ4n) is 1.50. The van der Waals surface area contributed by atoms with E-state index in [1.165, 1.54) is 6.07 Å². The minimum atomic E-state index is -0.407. The van der Waals surface area contributed by atoms with Crippen molar-refractivity contribution in [2.24, 2.45) is 5.92 Å². The topological polar surface area (TPSA) is 80.1 Å². The zero-order chi connectivity index (χ0) is 14.3. The van der Waals surface area contributed by atoms with Crippen LogP contribution in [0.2, 0.25) is 0 Å². The van der Waals surface area contributed by atoms with Gasteiger partial charge in [-0.3, -0.25) is 10.1 Å². The molecule has 1 aromatic rings. The Morgan fingerprint density at radius 2 is 2.11 bits per heavy atom. The maximum Gasteiger partial charge on any atom is 0.311 e. The lowest BCUT2D eigenvalue weighted by Crippen LogP contribution is -2.13. The second-order valence-corrected chi connectivity index (χ2v) is 4.64. The lowest BCUT2D eigenvalue weighted by Gasteiger charge is -2.12. The molecule has 1 rings (SSSR count). The van der Waals surface area contributed by atoms with E-state index in [0.29, 0.717) is 24.1 Å². The van der Waals surface area contributed by atoms with Crippen LogP contribution in [0.25, 0.3) is 0 Å². The summed E-state index contributed by atoms with van der Waals surface area (Å²) in [7, 11) is 0. The van der Waals surface area contributed by atoms with Gasteiger partial charge in [0, 0.05) is 19.2 Å². The molecule has 0 saturated heterocycles. The SMILES string of the molecule is CCCNc1ccc([N+](=O)[O-])c(NCC(C)CC)n1. The average molecular weight is 266 g/mol. The molecule has 1 unspecified atom stereocenters. The largest absolute Gasteiger partial charge is 0.370 e. The Morgan fingerprint density at radius 3 is 2.68 bits per heavy atom. The first-order valence-corrected chi connectivity index (χ1v) is 6.71. The van der Waals surface area contributed by atoms with Gasteiger partial charge in [-0.25, -0.2) is 4.98 Å². The maximum atomic E-state index is 11.0. The lowest BCUT2D eigenvalue weighted by atomic mass is 10.1. The van der Waals surface area contributed by atoms with Gasteiger partial charge >= 0.3 is 5.69 Å². The molecule has 19 heavy (non-hydrogen) atoms. The summed E-state index contributed by atoms with van der Waals surface area (Å²) in [6.45, 7) is 7.73. The van der Waals surface area contributed by atoms with Crippen molar-refractivity contribution < 1.29 is 4.92 Å². The predicted octanol–water partition coefficient (Wildman–Crippen LogP) is 3.27. The number of hydrogen-bond acceptors (Lipinski definition) is 5. The third-order valence-electron chi connectivity index (χ3n) is 2.94. The quantitative estimate of drug-likeness (QED) is 0.557. The first-order chi connectivity index (χ1) is 9.08. The van der Waals surface area contributed by atoms with Crippen molar-refractivity contribution >= 4 is 17.3 Å². The number of nitro groups is 1. The predicted molar refractivity (Wildman–Crippen MR) is 77.6 cm³/mol. The number of aromatic nitrogens is 1. The number of nitrogens with zero attached hydrogens (tertiary/aromatic N) is 2. The van der Waals surface area contributed by atoms with E-state index >= 15 is 0 Å². The van der Waals surface area contributed by atoms with Crippen molar-refractivity contribution in [2.75, 3.05) is 23.7 Å². The van der Waals surface area contributed by atoms with Crippen LogP contribution in [0.1, 0.15) is 33.6 Å². The van der Waals surface area contributed by atoms with Crippen LogP contribution in [0.15, 0.2) is 12.1 Å². The zero-order valence-corrected chi connectivity index (χ0v) is 11.8. The van der Waals surface area contributed by atoms with E-state index in [0.717, 1.165) is 19.4 Å². The smallest absolute Gasteiger partial charge is 0.311 e. The second-order valence-electron chi connectivity index (χ2n) is 4.64. The van der Waals surface area contributed by atoms with Crippen molar-refractivity contribution in [1.29, 1.82) is 0 Å². The van der Waals surface area contributed by atoms with Gasteiger partial charge in [0.2, 0.25) is 5.82 Å². The summed E-state index contributed by atoms with van der Waals surface area (Å²) in [4.78, 5) is 14.8. The summed E-state index contributed by atoms with van der Waals surface area (Å²) in [5, 5.41) is 17.2. The Labute approximate surface area is 113 Å². The molecule has 1 aromatic heterocycles. The molecule has 0 amide bonds. The minimum Gasteiger partial charge on any atom is -0.370 e. The van der Waals surface area contributed by atoms with Crippen LogP contribution in [-0.2, 0) is 0 Å². The normalized spacial score (nSPS) is 11.9. The highest BCUT2D eigenvalue weighted by Crippen LogP contribution is 2.24. The number of nitrogens with one attached hydrogen (secondary N) is 2.